The Morgan fingerprint density at radius 2 is 1.61 bits per heavy atom. The zero-order chi connectivity index (χ0) is 23.9. The normalized spacial score (nSPS) is 28.3. The van der Waals surface area contributed by atoms with Crippen LogP contribution < -0.4 is 5.56 Å². The van der Waals surface area contributed by atoms with Gasteiger partial charge in [-0.1, -0.05) is 0 Å². The van der Waals surface area contributed by atoms with E-state index in [1.54, 1.807) is 4.98 Å². The average Bonchev–Trinajstić information content (AvgIpc) is 2.83. The lowest BCUT2D eigenvalue weighted by atomic mass is 10.0. The van der Waals surface area contributed by atoms with Gasteiger partial charge in [0.05, 0.1) is 17.7 Å². The van der Waals surface area contributed by atoms with Crippen LogP contribution in [0.4, 0.5) is 8.78 Å². The Morgan fingerprint density at radius 1 is 1.03 bits per heavy atom. The predicted molar refractivity (Wildman–Crippen MR) is 91.2 cm³/mol. The number of pyridine rings is 1. The summed E-state index contributed by atoms with van der Waals surface area (Å²) in [5, 5.41) is 20.0. The summed E-state index contributed by atoms with van der Waals surface area (Å²) < 4.78 is 78.1. The molecule has 0 radical (unpaired) electrons. The highest BCUT2D eigenvalue weighted by Crippen LogP contribution is 2.66. The third-order valence-corrected chi connectivity index (χ3v) is 7.63. The van der Waals surface area contributed by atoms with Crippen LogP contribution in [0.1, 0.15) is 17.2 Å². The minimum Gasteiger partial charge on any atom is -0.387 e. The van der Waals surface area contributed by atoms with Gasteiger partial charge in [0.1, 0.15) is 30.2 Å². The lowest BCUT2D eigenvalue weighted by molar-refractivity contribution is -0.0244. The van der Waals surface area contributed by atoms with Crippen molar-refractivity contribution in [2.75, 3.05) is 6.61 Å². The van der Waals surface area contributed by atoms with E-state index in [4.69, 9.17) is 19.4 Å². The number of rotatable bonds is 8. The highest BCUT2D eigenvalue weighted by molar-refractivity contribution is 7.66. The van der Waals surface area contributed by atoms with Gasteiger partial charge in [-0.25, -0.2) is 18.1 Å². The zero-order valence-corrected chi connectivity index (χ0v) is 17.7. The molecule has 0 aliphatic carbocycles. The molecule has 20 heteroatoms. The van der Waals surface area contributed by atoms with Gasteiger partial charge in [0.15, 0.2) is 0 Å². The summed E-state index contributed by atoms with van der Waals surface area (Å²) in [6, 6.07) is 0. The molecular weight excluding hydrogens is 501 g/mol. The van der Waals surface area contributed by atoms with Crippen molar-refractivity contribution in [2.24, 2.45) is 0 Å². The first-order valence-electron chi connectivity index (χ1n) is 7.82. The summed E-state index contributed by atoms with van der Waals surface area (Å²) >= 11 is 0. The van der Waals surface area contributed by atoms with Crippen molar-refractivity contribution in [3.63, 3.8) is 0 Å². The van der Waals surface area contributed by atoms with Crippen LogP contribution in [0.2, 0.25) is 0 Å². The first-order chi connectivity index (χ1) is 13.9. The molecule has 0 spiro atoms. The molecule has 0 bridgehead atoms. The number of hydrogen-bond donors (Lipinski definition) is 7. The van der Waals surface area contributed by atoms with Crippen molar-refractivity contribution in [2.45, 2.75) is 31.3 Å². The highest BCUT2D eigenvalue weighted by Gasteiger charge is 2.48. The number of ether oxygens (including phenoxy) is 1. The van der Waals surface area contributed by atoms with Crippen LogP contribution in [-0.2, 0) is 31.6 Å². The topological polar surface area (TPSA) is 242 Å². The molecule has 3 unspecified atom stereocenters. The van der Waals surface area contributed by atoms with Crippen LogP contribution in [0.5, 0.6) is 0 Å². The standard InChI is InChI=1S/C11H16F2NO14P3/c1-3-6(12)5(10(13)14-11(3)17)9-8(16)7(15)4(26-9)2-25-30(21,22)28-31(23,24)27-29(18,19)20/h4,7-9,15-16H,2H2,1H3,(H,14,17)(H,21,22)(H,23,24)(H2,18,19,20)/t4-,7?,8+,9+/m1/s1. The van der Waals surface area contributed by atoms with Crippen LogP contribution in [0.25, 0.3) is 0 Å². The van der Waals surface area contributed by atoms with Gasteiger partial charge < -0.3 is 34.5 Å². The maximum Gasteiger partial charge on any atom is 0.490 e. The summed E-state index contributed by atoms with van der Waals surface area (Å²) in [4.78, 5) is 48.3. The number of nitrogens with one attached hydrogen (secondary N) is 1. The van der Waals surface area contributed by atoms with Gasteiger partial charge in [0, 0.05) is 0 Å². The first kappa shape index (κ1) is 26.4. The minimum atomic E-state index is -5.79. The first-order valence-corrected chi connectivity index (χ1v) is 12.3. The van der Waals surface area contributed by atoms with Crippen LogP contribution in [0, 0.1) is 18.7 Å². The Balaban J connectivity index is 2.14. The van der Waals surface area contributed by atoms with Gasteiger partial charge in [0.25, 0.3) is 5.56 Å². The monoisotopic (exact) mass is 517 g/mol. The van der Waals surface area contributed by atoms with Crippen LogP contribution >= 0.6 is 23.5 Å². The molecule has 2 rings (SSSR count). The Morgan fingerprint density at radius 3 is 2.16 bits per heavy atom. The molecular formula is C11H16F2NO14P3. The summed E-state index contributed by atoms with van der Waals surface area (Å²) in [7, 11) is -17.0. The molecule has 178 valence electrons. The summed E-state index contributed by atoms with van der Waals surface area (Å²) in [5.41, 5.74) is -2.61. The van der Waals surface area contributed by atoms with Crippen LogP contribution in [0.15, 0.2) is 4.79 Å². The number of aliphatic hydroxyl groups is 2. The number of aliphatic hydroxyl groups excluding tert-OH is 2. The van der Waals surface area contributed by atoms with Gasteiger partial charge in [-0.15, -0.1) is 0 Å². The molecule has 31 heavy (non-hydrogen) atoms. The fourth-order valence-corrected chi connectivity index (χ4v) is 5.53. The van der Waals surface area contributed by atoms with Crippen molar-refractivity contribution in [1.29, 1.82) is 0 Å². The van der Waals surface area contributed by atoms with Gasteiger partial charge >= 0.3 is 23.5 Å². The molecule has 1 aromatic heterocycles. The van der Waals surface area contributed by atoms with Gasteiger partial charge in [-0.05, 0) is 6.92 Å². The number of aromatic nitrogens is 1. The lowest BCUT2D eigenvalue weighted by Crippen LogP contribution is -2.33. The number of hydrogen-bond acceptors (Lipinski definition) is 10. The van der Waals surface area contributed by atoms with E-state index in [1.165, 1.54) is 0 Å². The van der Waals surface area contributed by atoms with Gasteiger partial charge in [-0.2, -0.15) is 13.0 Å². The zero-order valence-electron chi connectivity index (χ0n) is 15.1. The highest BCUT2D eigenvalue weighted by atomic mass is 31.3. The van der Waals surface area contributed by atoms with Crippen LogP contribution in [-0.4, -0.2) is 59.7 Å². The van der Waals surface area contributed by atoms with Crippen molar-refractivity contribution < 1.29 is 70.1 Å². The number of phosphoric ester groups is 1. The number of aromatic amines is 1. The molecule has 1 aliphatic heterocycles. The van der Waals surface area contributed by atoms with Gasteiger partial charge in [0.2, 0.25) is 5.95 Å². The van der Waals surface area contributed by atoms with Crippen molar-refractivity contribution >= 4 is 23.5 Å². The molecule has 1 aromatic rings. The molecule has 0 amide bonds. The van der Waals surface area contributed by atoms with Crippen molar-refractivity contribution in [3.05, 3.63) is 33.2 Å². The third kappa shape index (κ3) is 6.55. The summed E-state index contributed by atoms with van der Waals surface area (Å²) in [6.45, 7) is -0.175. The Bertz CT molecular complexity index is 1040. The van der Waals surface area contributed by atoms with E-state index in [9.17, 15) is 42.4 Å². The maximum absolute atomic E-state index is 14.3. The molecule has 2 heterocycles. The third-order valence-electron chi connectivity index (χ3n) is 3.83. The number of halogens is 2. The molecule has 1 aliphatic rings. The summed E-state index contributed by atoms with van der Waals surface area (Å²) in [5.74, 6) is -2.90. The SMILES string of the molecule is Cc1c(F)c([C@@H]2O[C@H](COP(=O)(O)OP(=O)(O)OP(=O)(O)O)C(O)[C@@H]2O)c(F)[nH]c1=O. The Labute approximate surface area is 170 Å². The molecule has 15 nitrogen and oxygen atoms in total. The summed E-state index contributed by atoms with van der Waals surface area (Å²) in [6.07, 6.45) is -7.64. The fourth-order valence-electron chi connectivity index (χ4n) is 2.50. The smallest absolute Gasteiger partial charge is 0.387 e. The quantitative estimate of drug-likeness (QED) is 0.169. The average molecular weight is 517 g/mol. The van der Waals surface area contributed by atoms with E-state index in [0.29, 0.717) is 0 Å². The van der Waals surface area contributed by atoms with Crippen molar-refractivity contribution in [3.8, 4) is 0 Å². The Hall–Kier alpha value is -0.900. The van der Waals surface area contributed by atoms with Gasteiger partial charge in [-0.3, -0.25) is 14.3 Å². The lowest BCUT2D eigenvalue weighted by Gasteiger charge is -2.19. The second kappa shape index (κ2) is 9.15. The molecule has 0 aromatic carbocycles. The molecule has 1 fully saturated rings. The minimum absolute atomic E-state index is 0.557. The van der Waals surface area contributed by atoms with E-state index < -0.39 is 82.9 Å². The van der Waals surface area contributed by atoms with E-state index in [1.807, 2.05) is 0 Å². The molecule has 6 atom stereocenters. The molecule has 0 saturated carbocycles. The van der Waals surface area contributed by atoms with Crippen molar-refractivity contribution in [1.82, 2.24) is 4.98 Å². The Kier molecular flexibility index (Phi) is 7.78. The molecule has 1 saturated heterocycles. The molecule has 7 N–H and O–H groups in total. The second-order valence-electron chi connectivity index (χ2n) is 6.08. The van der Waals surface area contributed by atoms with Crippen LogP contribution in [0.3, 0.4) is 0 Å². The maximum atomic E-state index is 14.3. The van der Waals surface area contributed by atoms with E-state index in [2.05, 4.69) is 13.1 Å². The van der Waals surface area contributed by atoms with E-state index >= 15 is 0 Å². The van der Waals surface area contributed by atoms with E-state index in [-0.39, 0.29) is 0 Å². The number of phosphoric acid groups is 3. The number of H-pyrrole nitrogens is 1. The predicted octanol–water partition coefficient (Wildman–Crippen LogP) is -0.533. The largest absolute Gasteiger partial charge is 0.490 e. The van der Waals surface area contributed by atoms with E-state index in [0.717, 1.165) is 6.92 Å². The second-order valence-corrected chi connectivity index (χ2v) is 10.5. The fraction of sp³-hybridized carbons (Fsp3) is 0.545.